The number of piperidine rings is 1. The number of ether oxygens (including phenoxy) is 1. The van der Waals surface area contributed by atoms with Gasteiger partial charge in [-0.2, -0.15) is 4.98 Å². The summed E-state index contributed by atoms with van der Waals surface area (Å²) >= 11 is 0. The summed E-state index contributed by atoms with van der Waals surface area (Å²) < 4.78 is 11.0. The van der Waals surface area contributed by atoms with Crippen LogP contribution in [0.2, 0.25) is 0 Å². The van der Waals surface area contributed by atoms with Crippen LogP contribution in [0.5, 0.6) is 0 Å². The smallest absolute Gasteiger partial charge is 0.227 e. The molecule has 2 heterocycles. The fourth-order valence-electron chi connectivity index (χ4n) is 2.58. The molecule has 0 saturated carbocycles. The first kappa shape index (κ1) is 14.5. The van der Waals surface area contributed by atoms with Gasteiger partial charge in [-0.25, -0.2) is 0 Å². The van der Waals surface area contributed by atoms with Gasteiger partial charge in [0.2, 0.25) is 11.7 Å². The van der Waals surface area contributed by atoms with Crippen LogP contribution in [0, 0.1) is 5.92 Å². The summed E-state index contributed by atoms with van der Waals surface area (Å²) in [5, 5.41) is 7.50. The lowest BCUT2D eigenvalue weighted by Crippen LogP contribution is -2.30. The third-order valence-electron chi connectivity index (χ3n) is 3.55. The Balaban J connectivity index is 1.92. The van der Waals surface area contributed by atoms with Gasteiger partial charge in [0, 0.05) is 13.0 Å². The van der Waals surface area contributed by atoms with Crippen molar-refractivity contribution in [2.75, 3.05) is 19.7 Å². The Hall–Kier alpha value is -0.940. The average Bonchev–Trinajstić information content (AvgIpc) is 2.88. The second kappa shape index (κ2) is 7.60. The van der Waals surface area contributed by atoms with E-state index in [2.05, 4.69) is 22.4 Å². The van der Waals surface area contributed by atoms with Crippen molar-refractivity contribution in [1.82, 2.24) is 15.5 Å². The maximum Gasteiger partial charge on any atom is 0.227 e. The van der Waals surface area contributed by atoms with Crippen molar-refractivity contribution < 1.29 is 9.26 Å². The van der Waals surface area contributed by atoms with Gasteiger partial charge in [-0.1, -0.05) is 18.5 Å². The quantitative estimate of drug-likeness (QED) is 0.822. The Labute approximate surface area is 115 Å². The summed E-state index contributed by atoms with van der Waals surface area (Å²) in [6.45, 7) is 7.01. The summed E-state index contributed by atoms with van der Waals surface area (Å²) in [7, 11) is 0. The lowest BCUT2D eigenvalue weighted by Gasteiger charge is -2.20. The first-order valence-corrected chi connectivity index (χ1v) is 7.48. The lowest BCUT2D eigenvalue weighted by molar-refractivity contribution is 0.0477. The molecule has 1 fully saturated rings. The van der Waals surface area contributed by atoms with Gasteiger partial charge in [0.1, 0.15) is 6.10 Å². The minimum absolute atomic E-state index is 0.0167. The van der Waals surface area contributed by atoms with E-state index in [1.54, 1.807) is 0 Å². The highest BCUT2D eigenvalue weighted by atomic mass is 16.5. The normalized spacial score (nSPS) is 21.5. The number of rotatable bonds is 7. The maximum atomic E-state index is 5.67. The highest BCUT2D eigenvalue weighted by molar-refractivity contribution is 4.93. The van der Waals surface area contributed by atoms with Crippen LogP contribution >= 0.6 is 0 Å². The van der Waals surface area contributed by atoms with Crippen LogP contribution in [0.3, 0.4) is 0 Å². The number of hydrogen-bond donors (Lipinski definition) is 1. The van der Waals surface area contributed by atoms with Crippen molar-refractivity contribution in [2.24, 2.45) is 5.92 Å². The Morgan fingerprint density at radius 2 is 2.37 bits per heavy atom. The molecule has 2 rings (SSSR count). The molecule has 1 aliphatic rings. The monoisotopic (exact) mass is 267 g/mol. The molecule has 5 nitrogen and oxygen atoms in total. The second-order valence-electron chi connectivity index (χ2n) is 5.20. The Morgan fingerprint density at radius 1 is 1.47 bits per heavy atom. The summed E-state index contributed by atoms with van der Waals surface area (Å²) in [6.07, 6.45) is 5.35. The minimum atomic E-state index is -0.0167. The molecular formula is C14H25N3O2. The summed E-state index contributed by atoms with van der Waals surface area (Å²) in [4.78, 5) is 4.51. The molecule has 0 amide bonds. The van der Waals surface area contributed by atoms with Crippen LogP contribution in [0.25, 0.3) is 0 Å². The van der Waals surface area contributed by atoms with Gasteiger partial charge in [0.25, 0.3) is 0 Å². The molecule has 2 atom stereocenters. The minimum Gasteiger partial charge on any atom is -0.370 e. The standard InChI is InChI=1S/C14H25N3O2/c1-3-6-12(18-4-2)14-16-13(19-17-14)9-11-7-5-8-15-10-11/h11-12,15H,3-10H2,1-2H3. The molecule has 1 aromatic rings. The molecule has 1 aromatic heterocycles. The third-order valence-corrected chi connectivity index (χ3v) is 3.55. The van der Waals surface area contributed by atoms with E-state index in [4.69, 9.17) is 9.26 Å². The molecule has 0 aliphatic carbocycles. The van der Waals surface area contributed by atoms with Crippen LogP contribution in [-0.2, 0) is 11.2 Å². The van der Waals surface area contributed by atoms with E-state index in [-0.39, 0.29) is 6.10 Å². The number of nitrogens with one attached hydrogen (secondary N) is 1. The topological polar surface area (TPSA) is 60.2 Å². The molecule has 2 unspecified atom stereocenters. The van der Waals surface area contributed by atoms with Gasteiger partial charge in [0.15, 0.2) is 0 Å². The van der Waals surface area contributed by atoms with E-state index in [1.807, 2.05) is 6.92 Å². The first-order valence-electron chi connectivity index (χ1n) is 7.48. The van der Waals surface area contributed by atoms with Crippen LogP contribution in [0.4, 0.5) is 0 Å². The van der Waals surface area contributed by atoms with Crippen LogP contribution < -0.4 is 5.32 Å². The van der Waals surface area contributed by atoms with Gasteiger partial charge in [-0.05, 0) is 45.2 Å². The summed E-state index contributed by atoms with van der Waals surface area (Å²) in [5.74, 6) is 2.09. The fourth-order valence-corrected chi connectivity index (χ4v) is 2.58. The first-order chi connectivity index (χ1) is 9.33. The zero-order valence-electron chi connectivity index (χ0n) is 12.0. The SMILES string of the molecule is CCCC(OCC)c1noc(CC2CCCNC2)n1. The Bertz CT molecular complexity index is 355. The third kappa shape index (κ3) is 4.28. The predicted octanol–water partition coefficient (Wildman–Crippen LogP) is 2.49. The van der Waals surface area contributed by atoms with E-state index in [0.29, 0.717) is 18.3 Å². The highest BCUT2D eigenvalue weighted by Gasteiger charge is 2.21. The van der Waals surface area contributed by atoms with Crippen molar-refractivity contribution in [3.05, 3.63) is 11.7 Å². The van der Waals surface area contributed by atoms with E-state index >= 15 is 0 Å². The van der Waals surface area contributed by atoms with E-state index in [9.17, 15) is 0 Å². The van der Waals surface area contributed by atoms with Gasteiger partial charge in [0.05, 0.1) is 0 Å². The molecular weight excluding hydrogens is 242 g/mol. The molecule has 1 aliphatic heterocycles. The van der Waals surface area contributed by atoms with Gasteiger partial charge < -0.3 is 14.6 Å². The van der Waals surface area contributed by atoms with Crippen molar-refractivity contribution in [1.29, 1.82) is 0 Å². The molecule has 1 N–H and O–H groups in total. The Kier molecular flexibility index (Phi) is 5.79. The van der Waals surface area contributed by atoms with Crippen LogP contribution in [-0.4, -0.2) is 29.8 Å². The fraction of sp³-hybridized carbons (Fsp3) is 0.857. The number of aromatic nitrogens is 2. The molecule has 0 spiro atoms. The van der Waals surface area contributed by atoms with Gasteiger partial charge in [-0.3, -0.25) is 0 Å². The molecule has 108 valence electrons. The molecule has 0 aromatic carbocycles. The molecule has 5 heteroatoms. The van der Waals surface area contributed by atoms with Crippen LogP contribution in [0.15, 0.2) is 4.52 Å². The zero-order chi connectivity index (χ0) is 13.5. The molecule has 1 saturated heterocycles. The molecule has 0 radical (unpaired) electrons. The van der Waals surface area contributed by atoms with E-state index < -0.39 is 0 Å². The average molecular weight is 267 g/mol. The molecule has 0 bridgehead atoms. The number of hydrogen-bond acceptors (Lipinski definition) is 5. The molecule has 19 heavy (non-hydrogen) atoms. The largest absolute Gasteiger partial charge is 0.370 e. The Morgan fingerprint density at radius 3 is 3.05 bits per heavy atom. The van der Waals surface area contributed by atoms with Gasteiger partial charge >= 0.3 is 0 Å². The highest BCUT2D eigenvalue weighted by Crippen LogP contribution is 2.21. The number of nitrogens with zero attached hydrogens (tertiary/aromatic N) is 2. The van der Waals surface area contributed by atoms with Crippen molar-refractivity contribution in [3.8, 4) is 0 Å². The maximum absolute atomic E-state index is 5.67. The van der Waals surface area contributed by atoms with Crippen molar-refractivity contribution >= 4 is 0 Å². The summed E-state index contributed by atoms with van der Waals surface area (Å²) in [5.41, 5.74) is 0. The van der Waals surface area contributed by atoms with Crippen molar-refractivity contribution in [3.63, 3.8) is 0 Å². The zero-order valence-corrected chi connectivity index (χ0v) is 12.0. The van der Waals surface area contributed by atoms with Crippen LogP contribution in [0.1, 0.15) is 57.3 Å². The van der Waals surface area contributed by atoms with E-state index in [1.165, 1.54) is 12.8 Å². The lowest BCUT2D eigenvalue weighted by atomic mass is 9.96. The van der Waals surface area contributed by atoms with Gasteiger partial charge in [-0.15, -0.1) is 0 Å². The predicted molar refractivity (Wildman–Crippen MR) is 72.9 cm³/mol. The van der Waals surface area contributed by atoms with Crippen molar-refractivity contribution in [2.45, 2.75) is 52.1 Å². The van der Waals surface area contributed by atoms with E-state index in [0.717, 1.165) is 38.2 Å². The second-order valence-corrected chi connectivity index (χ2v) is 5.20. The summed E-state index contributed by atoms with van der Waals surface area (Å²) in [6, 6.07) is 0.